The van der Waals surface area contributed by atoms with Crippen molar-refractivity contribution >= 4 is 29.8 Å². The number of quaternary nitrogens is 1. The van der Waals surface area contributed by atoms with Gasteiger partial charge < -0.3 is 20.4 Å². The third-order valence-corrected chi connectivity index (χ3v) is 6.89. The molecule has 182 valence electrons. The minimum Gasteiger partial charge on any atom is -0.809 e. The lowest BCUT2D eigenvalue weighted by atomic mass is 10.2. The van der Waals surface area contributed by atoms with Crippen molar-refractivity contribution in [2.45, 2.75) is 64.0 Å². The van der Waals surface area contributed by atoms with Crippen molar-refractivity contribution in [3.8, 4) is 0 Å². The molecule has 1 aliphatic heterocycles. The van der Waals surface area contributed by atoms with Gasteiger partial charge in [-0.1, -0.05) is 0 Å². The van der Waals surface area contributed by atoms with Crippen LogP contribution in [-0.2, 0) is 9.53 Å². The summed E-state index contributed by atoms with van der Waals surface area (Å²) >= 11 is 1.86. The lowest BCUT2D eigenvalue weighted by molar-refractivity contribution is -0.762. The van der Waals surface area contributed by atoms with Gasteiger partial charge in [-0.3, -0.25) is 9.10 Å². The Morgan fingerprint density at radius 2 is 1.97 bits per heavy atom. The van der Waals surface area contributed by atoms with Gasteiger partial charge in [-0.25, -0.2) is 8.78 Å². The monoisotopic (exact) mass is 480 g/mol. The van der Waals surface area contributed by atoms with Crippen LogP contribution in [0.2, 0.25) is 0 Å². The van der Waals surface area contributed by atoms with Crippen molar-refractivity contribution in [2.24, 2.45) is 0 Å². The predicted molar refractivity (Wildman–Crippen MR) is 129 cm³/mol. The first-order chi connectivity index (χ1) is 15.5. The molecule has 1 aromatic rings. The van der Waals surface area contributed by atoms with E-state index in [1.165, 1.54) is 16.4 Å². The van der Waals surface area contributed by atoms with Crippen LogP contribution < -0.4 is 9.62 Å². The van der Waals surface area contributed by atoms with Gasteiger partial charge in [0.15, 0.2) is 0 Å². The van der Waals surface area contributed by atoms with Gasteiger partial charge in [0.25, 0.3) is 5.91 Å². The Morgan fingerprint density at radius 1 is 1.27 bits per heavy atom. The summed E-state index contributed by atoms with van der Waals surface area (Å²) in [5.74, 6) is -1.12. The highest BCUT2D eigenvalue weighted by Gasteiger charge is 2.32. The predicted octanol–water partition coefficient (Wildman–Crippen LogP) is 3.48. The Balaban J connectivity index is 1.82. The third kappa shape index (κ3) is 7.43. The minimum absolute atomic E-state index is 0.0644. The number of halogens is 2. The van der Waals surface area contributed by atoms with Gasteiger partial charge in [-0.05, 0) is 64.3 Å². The average Bonchev–Trinajstić information content (AvgIpc) is 3.12. The van der Waals surface area contributed by atoms with Crippen LogP contribution in [0, 0.1) is 12.7 Å². The van der Waals surface area contributed by atoms with E-state index < -0.39 is 24.0 Å². The van der Waals surface area contributed by atoms with Crippen LogP contribution >= 0.6 is 11.9 Å². The molecule has 1 heterocycles. The maximum absolute atomic E-state index is 13.8. The van der Waals surface area contributed by atoms with E-state index in [0.717, 1.165) is 19.3 Å². The molecule has 1 saturated heterocycles. The Hall–Kier alpha value is -2.13. The van der Waals surface area contributed by atoms with Gasteiger partial charge >= 0.3 is 0 Å². The van der Waals surface area contributed by atoms with Gasteiger partial charge in [-0.2, -0.15) is 6.21 Å². The maximum atomic E-state index is 13.8. The number of nitrogens with one attached hydrogen (secondary N) is 2. The normalized spacial score (nSPS) is 22.7. The second kappa shape index (κ2) is 10.9. The number of allylic oxidation sites excluding steroid dienone is 1. The second-order valence-corrected chi connectivity index (χ2v) is 11.7. The Kier molecular flexibility index (Phi) is 8.39. The topological polar surface area (TPSA) is 68.3 Å². The van der Waals surface area contributed by atoms with Crippen LogP contribution in [0.3, 0.4) is 0 Å². The van der Waals surface area contributed by atoms with Crippen molar-refractivity contribution in [3.63, 3.8) is 0 Å². The van der Waals surface area contributed by atoms with Crippen LogP contribution in [0.15, 0.2) is 29.7 Å². The zero-order valence-corrected chi connectivity index (χ0v) is 20.6. The second-order valence-electron chi connectivity index (χ2n) is 9.71. The molecule has 3 rings (SSSR count). The molecule has 33 heavy (non-hydrogen) atoms. The van der Waals surface area contributed by atoms with Crippen LogP contribution in [0.5, 0.6) is 0 Å². The largest absolute Gasteiger partial charge is 0.809 e. The Bertz CT molecular complexity index is 875. The average molecular weight is 481 g/mol. The molecule has 0 spiro atoms. The van der Waals surface area contributed by atoms with Crippen LogP contribution in [-0.4, -0.2) is 60.2 Å². The molecule has 6 nitrogen and oxygen atoms in total. The lowest BCUT2D eigenvalue weighted by Crippen LogP contribution is -3.09. The molecule has 0 radical (unpaired) electrons. The highest BCUT2D eigenvalue weighted by Crippen LogP contribution is 2.28. The summed E-state index contributed by atoms with van der Waals surface area (Å²) in [5.41, 5.74) is 1.22. The summed E-state index contributed by atoms with van der Waals surface area (Å²) in [6.07, 6.45) is 0.550. The highest BCUT2D eigenvalue weighted by atomic mass is 32.2. The number of amides is 1. The van der Waals surface area contributed by atoms with Crippen LogP contribution in [0.4, 0.5) is 14.5 Å². The molecule has 0 aromatic heterocycles. The summed E-state index contributed by atoms with van der Waals surface area (Å²) in [6.45, 7) is 11.2. The summed E-state index contributed by atoms with van der Waals surface area (Å²) in [4.78, 5) is 15.1. The van der Waals surface area contributed by atoms with Gasteiger partial charge in [0.05, 0.1) is 35.5 Å². The fourth-order valence-electron chi connectivity index (χ4n) is 4.20. The zero-order valence-electron chi connectivity index (χ0n) is 19.8. The van der Waals surface area contributed by atoms with E-state index in [1.54, 1.807) is 13.0 Å². The first-order valence-corrected chi connectivity index (χ1v) is 12.3. The van der Waals surface area contributed by atoms with E-state index in [0.29, 0.717) is 37.2 Å². The number of benzene rings is 1. The summed E-state index contributed by atoms with van der Waals surface area (Å²) < 4.78 is 35.1. The molecule has 0 bridgehead atoms. The molecule has 1 amide bonds. The van der Waals surface area contributed by atoms with Gasteiger partial charge in [0, 0.05) is 12.1 Å². The van der Waals surface area contributed by atoms with E-state index in [-0.39, 0.29) is 22.6 Å². The van der Waals surface area contributed by atoms with E-state index >= 15 is 0 Å². The molecule has 1 saturated carbocycles. The fraction of sp³-hybridized carbons (Fsp3) is 0.583. The zero-order chi connectivity index (χ0) is 24.2. The number of nitrogens with zero attached hydrogens (tertiary/aromatic N) is 2. The Labute approximate surface area is 199 Å². The van der Waals surface area contributed by atoms with Crippen molar-refractivity contribution in [2.75, 3.05) is 31.5 Å². The molecule has 2 atom stereocenters. The molecular weight excluding hydrogens is 446 g/mol. The summed E-state index contributed by atoms with van der Waals surface area (Å²) in [5, 5.41) is 12.8. The van der Waals surface area contributed by atoms with Crippen molar-refractivity contribution in [3.05, 3.63) is 46.4 Å². The maximum Gasteiger partial charge on any atom is 0.292 e. The van der Waals surface area contributed by atoms with E-state index in [4.69, 9.17) is 4.74 Å². The van der Waals surface area contributed by atoms with E-state index in [2.05, 4.69) is 26.1 Å². The number of piperazine rings is 1. The van der Waals surface area contributed by atoms with Gasteiger partial charge in [0.1, 0.15) is 31.2 Å². The number of carbonyl (C=O) groups excluding carboxylic acids is 1. The quantitative estimate of drug-likeness (QED) is 0.271. The number of ether oxygens (including phenoxy) is 1. The van der Waals surface area contributed by atoms with Gasteiger partial charge in [-0.15, -0.1) is 0 Å². The number of alkyl halides is 1. The van der Waals surface area contributed by atoms with Crippen LogP contribution in [0.25, 0.3) is 5.41 Å². The molecule has 9 heteroatoms. The molecule has 2 unspecified atom stereocenters. The van der Waals surface area contributed by atoms with Crippen molar-refractivity contribution in [1.82, 2.24) is 4.90 Å². The number of rotatable bonds is 7. The van der Waals surface area contributed by atoms with Crippen molar-refractivity contribution in [1.29, 1.82) is 0 Å². The van der Waals surface area contributed by atoms with Crippen LogP contribution in [0.1, 0.15) is 45.6 Å². The number of carbonyl (C=O) groups is 1. The smallest absolute Gasteiger partial charge is 0.292 e. The third-order valence-electron chi connectivity index (χ3n) is 5.58. The molecule has 1 aliphatic carbocycles. The molecular formula is C24H34F2N4O2S. The fourth-order valence-corrected chi connectivity index (χ4v) is 5.46. The lowest BCUT2D eigenvalue weighted by Gasteiger charge is -2.36. The van der Waals surface area contributed by atoms with E-state index in [9.17, 15) is 19.0 Å². The molecule has 2 N–H and O–H groups in total. The Morgan fingerprint density at radius 3 is 2.52 bits per heavy atom. The molecule has 2 fully saturated rings. The summed E-state index contributed by atoms with van der Waals surface area (Å²) in [7, 11) is 0. The molecule has 2 aliphatic rings. The van der Waals surface area contributed by atoms with E-state index in [1.807, 2.05) is 16.8 Å². The standard InChI is InChI=1S/C24H33F2N4O2S/c1-16-11-18(26)13-19(12-16)28-23(31)22(32-20-6-5-17(25)14-20)21(15-27)29-7-9-30(10-8-29)33-24(2,3)4/h11-13,15,17,20H,5-10,14H2,1-4H3,(H,28,31)/q-1/p+1/b22-21-. The first-order valence-electron chi connectivity index (χ1n) is 11.4. The highest BCUT2D eigenvalue weighted by molar-refractivity contribution is 7.94. The number of anilines is 1. The first kappa shape index (κ1) is 25.5. The molecule has 1 aromatic carbocycles. The number of hydrogen-bond donors (Lipinski definition) is 2. The summed E-state index contributed by atoms with van der Waals surface area (Å²) in [6, 6.07) is 4.25. The SMILES string of the molecule is Cc1cc(F)cc(NC(=O)/C(OC2CCC(F)C2)=C(\C=[N-])N2CC[NH+](SC(C)(C)C)CC2)c1. The van der Waals surface area contributed by atoms with Gasteiger partial charge in [0.2, 0.25) is 5.76 Å². The van der Waals surface area contributed by atoms with Crippen molar-refractivity contribution < 1.29 is 22.6 Å². The minimum atomic E-state index is -0.965. The number of aryl methyl sites for hydroxylation is 1. The number of hydrogen-bond acceptors (Lipinski definition) is 4.